The zero-order chi connectivity index (χ0) is 22.2. The lowest BCUT2D eigenvalue weighted by atomic mass is 10.1. The Kier molecular flexibility index (Phi) is 7.73. The molecule has 1 aromatic heterocycles. The van der Waals surface area contributed by atoms with Gasteiger partial charge in [-0.1, -0.05) is 43.7 Å². The molecule has 2 N–H and O–H groups in total. The first-order valence-corrected chi connectivity index (χ1v) is 12.0. The van der Waals surface area contributed by atoms with E-state index in [4.69, 9.17) is 4.98 Å². The molecule has 0 saturated carbocycles. The van der Waals surface area contributed by atoms with Crippen molar-refractivity contribution in [2.24, 2.45) is 0 Å². The first kappa shape index (κ1) is 22.3. The summed E-state index contributed by atoms with van der Waals surface area (Å²) in [5.74, 6) is -0.0269. The molecule has 1 fully saturated rings. The Labute approximate surface area is 191 Å². The van der Waals surface area contributed by atoms with Crippen LogP contribution in [0, 0.1) is 0 Å². The van der Waals surface area contributed by atoms with Crippen LogP contribution in [-0.4, -0.2) is 48.5 Å². The molecule has 0 aliphatic carbocycles. The van der Waals surface area contributed by atoms with Gasteiger partial charge in [-0.2, -0.15) is 0 Å². The molecule has 1 amide bonds. The van der Waals surface area contributed by atoms with Gasteiger partial charge in [-0.3, -0.25) is 4.79 Å². The first-order chi connectivity index (χ1) is 15.7. The van der Waals surface area contributed by atoms with Crippen molar-refractivity contribution < 1.29 is 4.79 Å². The Bertz CT molecular complexity index is 1030. The van der Waals surface area contributed by atoms with Crippen LogP contribution in [-0.2, 0) is 0 Å². The maximum atomic E-state index is 12.2. The van der Waals surface area contributed by atoms with E-state index in [9.17, 15) is 4.79 Å². The average Bonchev–Trinajstić information content (AvgIpc) is 2.85. The maximum Gasteiger partial charge on any atom is 0.251 e. The lowest BCUT2D eigenvalue weighted by Gasteiger charge is -2.26. The van der Waals surface area contributed by atoms with Crippen molar-refractivity contribution in [3.8, 4) is 11.3 Å². The van der Waals surface area contributed by atoms with Crippen LogP contribution in [0.25, 0.3) is 22.2 Å². The fraction of sp³-hybridized carbons (Fsp3) is 0.407. The van der Waals surface area contributed by atoms with Crippen molar-refractivity contribution in [2.75, 3.05) is 38.0 Å². The molecule has 0 radical (unpaired) electrons. The maximum absolute atomic E-state index is 12.2. The molecule has 0 bridgehead atoms. The zero-order valence-corrected chi connectivity index (χ0v) is 19.1. The number of hydrogen-bond acceptors (Lipinski definition) is 4. The summed E-state index contributed by atoms with van der Waals surface area (Å²) in [5, 5.41) is 7.73. The van der Waals surface area contributed by atoms with Crippen molar-refractivity contribution in [1.29, 1.82) is 0 Å². The molecule has 1 aliphatic heterocycles. The molecule has 4 rings (SSSR count). The number of piperidine rings is 1. The van der Waals surface area contributed by atoms with Gasteiger partial charge in [0.1, 0.15) is 0 Å². The number of nitrogens with one attached hydrogen (secondary N) is 2. The molecule has 32 heavy (non-hydrogen) atoms. The van der Waals surface area contributed by atoms with Crippen LogP contribution < -0.4 is 10.6 Å². The minimum absolute atomic E-state index is 0.0269. The second-order valence-electron chi connectivity index (χ2n) is 8.59. The van der Waals surface area contributed by atoms with E-state index in [1.54, 1.807) is 0 Å². The number of carbonyl (C=O) groups excluding carboxylic acids is 1. The molecule has 2 heterocycles. The van der Waals surface area contributed by atoms with Gasteiger partial charge in [0.15, 0.2) is 0 Å². The van der Waals surface area contributed by atoms with E-state index >= 15 is 0 Å². The van der Waals surface area contributed by atoms with E-state index in [2.05, 4.69) is 39.8 Å². The summed E-state index contributed by atoms with van der Waals surface area (Å²) >= 11 is 0. The van der Waals surface area contributed by atoms with Gasteiger partial charge < -0.3 is 15.5 Å². The van der Waals surface area contributed by atoms with E-state index in [-0.39, 0.29) is 5.91 Å². The van der Waals surface area contributed by atoms with Crippen LogP contribution in [0.1, 0.15) is 49.4 Å². The van der Waals surface area contributed by atoms with E-state index < -0.39 is 0 Å². The van der Waals surface area contributed by atoms with Crippen molar-refractivity contribution in [3.05, 3.63) is 60.2 Å². The summed E-state index contributed by atoms with van der Waals surface area (Å²) in [7, 11) is 0. The fourth-order valence-electron chi connectivity index (χ4n) is 4.31. The van der Waals surface area contributed by atoms with E-state index in [1.165, 1.54) is 32.4 Å². The monoisotopic (exact) mass is 430 g/mol. The van der Waals surface area contributed by atoms with Crippen molar-refractivity contribution in [1.82, 2.24) is 15.2 Å². The van der Waals surface area contributed by atoms with E-state index in [1.807, 2.05) is 37.3 Å². The second-order valence-corrected chi connectivity index (χ2v) is 8.59. The minimum atomic E-state index is -0.0269. The van der Waals surface area contributed by atoms with Gasteiger partial charge in [-0.05, 0) is 69.6 Å². The predicted octanol–water partition coefficient (Wildman–Crippen LogP) is 5.33. The van der Waals surface area contributed by atoms with Crippen LogP contribution in [0.15, 0.2) is 54.6 Å². The van der Waals surface area contributed by atoms with Crippen LogP contribution in [0.2, 0.25) is 0 Å². The van der Waals surface area contributed by atoms with Gasteiger partial charge in [0.05, 0.1) is 11.2 Å². The molecule has 0 unspecified atom stereocenters. The summed E-state index contributed by atoms with van der Waals surface area (Å²) < 4.78 is 0. The molecule has 0 atom stereocenters. The molecule has 1 aliphatic rings. The topological polar surface area (TPSA) is 57.3 Å². The molecule has 1 saturated heterocycles. The second kappa shape index (κ2) is 11.1. The normalized spacial score (nSPS) is 14.4. The molecular formula is C27H34N4O. The van der Waals surface area contributed by atoms with Gasteiger partial charge in [-0.25, -0.2) is 4.98 Å². The Morgan fingerprint density at radius 1 is 1.00 bits per heavy atom. The van der Waals surface area contributed by atoms with Gasteiger partial charge in [0.2, 0.25) is 0 Å². The highest BCUT2D eigenvalue weighted by Gasteiger charge is 2.11. The number of rotatable bonds is 9. The number of likely N-dealkylation sites (tertiary alicyclic amines) is 1. The highest BCUT2D eigenvalue weighted by atomic mass is 16.1. The Balaban J connectivity index is 1.48. The summed E-state index contributed by atoms with van der Waals surface area (Å²) in [4.78, 5) is 19.7. The smallest absolute Gasteiger partial charge is 0.251 e. The lowest BCUT2D eigenvalue weighted by Crippen LogP contribution is -2.31. The van der Waals surface area contributed by atoms with Gasteiger partial charge >= 0.3 is 0 Å². The molecule has 0 spiro atoms. The number of benzene rings is 2. The number of hydrogen-bond donors (Lipinski definition) is 2. The number of fused-ring (bicyclic) bond motifs is 1. The Hall–Kier alpha value is -2.92. The van der Waals surface area contributed by atoms with Gasteiger partial charge in [0.25, 0.3) is 5.91 Å². The molecule has 2 aromatic carbocycles. The number of pyridine rings is 1. The Morgan fingerprint density at radius 2 is 1.78 bits per heavy atom. The SMILES string of the molecule is CCCNC(=O)c1ccc(-c2cc(NCCCN3CCCCC3)c3ccccc3n2)cc1. The number of para-hydroxylation sites is 1. The molecule has 5 heteroatoms. The third-order valence-corrected chi connectivity index (χ3v) is 6.11. The largest absolute Gasteiger partial charge is 0.384 e. The number of nitrogens with zero attached hydrogens (tertiary/aromatic N) is 2. The summed E-state index contributed by atoms with van der Waals surface area (Å²) in [6.07, 6.45) is 6.12. The molecular weight excluding hydrogens is 396 g/mol. The number of anilines is 1. The van der Waals surface area contributed by atoms with Gasteiger partial charge in [0, 0.05) is 35.3 Å². The van der Waals surface area contributed by atoms with Crippen LogP contribution in [0.5, 0.6) is 0 Å². The quantitative estimate of drug-likeness (QED) is 0.451. The first-order valence-electron chi connectivity index (χ1n) is 12.0. The summed E-state index contributed by atoms with van der Waals surface area (Å²) in [6, 6.07) is 18.1. The zero-order valence-electron chi connectivity index (χ0n) is 19.1. The van der Waals surface area contributed by atoms with Crippen molar-refractivity contribution in [2.45, 2.75) is 39.0 Å². The highest BCUT2D eigenvalue weighted by Crippen LogP contribution is 2.28. The van der Waals surface area contributed by atoms with Crippen molar-refractivity contribution in [3.63, 3.8) is 0 Å². The molecule has 3 aromatic rings. The van der Waals surface area contributed by atoms with E-state index in [0.717, 1.165) is 53.8 Å². The van der Waals surface area contributed by atoms with Crippen LogP contribution >= 0.6 is 0 Å². The van der Waals surface area contributed by atoms with Gasteiger partial charge in [-0.15, -0.1) is 0 Å². The third kappa shape index (κ3) is 5.65. The fourth-order valence-corrected chi connectivity index (χ4v) is 4.31. The average molecular weight is 431 g/mol. The molecule has 5 nitrogen and oxygen atoms in total. The lowest BCUT2D eigenvalue weighted by molar-refractivity contribution is 0.0953. The summed E-state index contributed by atoms with van der Waals surface area (Å²) in [5.41, 5.74) is 4.71. The number of carbonyl (C=O) groups is 1. The number of amides is 1. The number of aromatic nitrogens is 1. The van der Waals surface area contributed by atoms with Crippen LogP contribution in [0.4, 0.5) is 5.69 Å². The van der Waals surface area contributed by atoms with E-state index in [0.29, 0.717) is 12.1 Å². The minimum Gasteiger partial charge on any atom is -0.384 e. The Morgan fingerprint density at radius 3 is 2.56 bits per heavy atom. The van der Waals surface area contributed by atoms with Crippen molar-refractivity contribution >= 4 is 22.5 Å². The molecule has 168 valence electrons. The predicted molar refractivity (Wildman–Crippen MR) is 133 cm³/mol. The van der Waals surface area contributed by atoms with Crippen LogP contribution in [0.3, 0.4) is 0 Å². The highest BCUT2D eigenvalue weighted by molar-refractivity contribution is 5.96. The standard InChI is InChI=1S/C27H34N4O/c1-2-15-29-27(32)22-13-11-21(12-14-22)25-20-26(23-9-4-5-10-24(23)30-25)28-16-8-19-31-17-6-3-7-18-31/h4-5,9-14,20H,2-3,6-8,15-19H2,1H3,(H,28,30)(H,29,32). The third-order valence-electron chi connectivity index (χ3n) is 6.11. The summed E-state index contributed by atoms with van der Waals surface area (Å²) in [6.45, 7) is 7.34.